The van der Waals surface area contributed by atoms with E-state index in [4.69, 9.17) is 0 Å². The number of phenolic OH excluding ortho intramolecular Hbond substituents is 2. The molecule has 0 aliphatic heterocycles. The van der Waals surface area contributed by atoms with E-state index in [2.05, 4.69) is 5.32 Å². The Kier molecular flexibility index (Phi) is 4.66. The number of nitrogens with one attached hydrogen (secondary N) is 1. The third kappa shape index (κ3) is 4.11. The minimum atomic E-state index is -0.588. The third-order valence-corrected chi connectivity index (χ3v) is 3.86. The molecule has 1 aromatic rings. The monoisotopic (exact) mass is 265 g/mol. The summed E-state index contributed by atoms with van der Waals surface area (Å²) in [5, 5.41) is 32.4. The van der Waals surface area contributed by atoms with E-state index in [9.17, 15) is 15.3 Å². The molecule has 0 aromatic heterocycles. The molecule has 0 spiro atoms. The Balaban J connectivity index is 1.83. The molecular weight excluding hydrogens is 242 g/mol. The Morgan fingerprint density at radius 1 is 1.00 bits per heavy atom. The molecule has 1 fully saturated rings. The highest BCUT2D eigenvalue weighted by atomic mass is 16.3. The highest BCUT2D eigenvalue weighted by Crippen LogP contribution is 2.27. The van der Waals surface area contributed by atoms with Gasteiger partial charge < -0.3 is 20.6 Å². The molecule has 1 aliphatic carbocycles. The smallest absolute Gasteiger partial charge is 0.157 e. The van der Waals surface area contributed by atoms with Gasteiger partial charge in [-0.2, -0.15) is 0 Å². The van der Waals surface area contributed by atoms with Crippen LogP contribution in [-0.4, -0.2) is 27.5 Å². The lowest BCUT2D eigenvalue weighted by atomic mass is 9.94. The molecule has 4 nitrogen and oxygen atoms in total. The van der Waals surface area contributed by atoms with Crippen LogP contribution in [-0.2, 0) is 6.54 Å². The van der Waals surface area contributed by atoms with Gasteiger partial charge in [0.05, 0.1) is 5.60 Å². The van der Waals surface area contributed by atoms with Crippen LogP contribution < -0.4 is 5.32 Å². The van der Waals surface area contributed by atoms with Crippen molar-refractivity contribution in [2.45, 2.75) is 50.7 Å². The predicted octanol–water partition coefficient (Wildman–Crippen LogP) is 2.27. The summed E-state index contributed by atoms with van der Waals surface area (Å²) >= 11 is 0. The largest absolute Gasteiger partial charge is 0.504 e. The molecule has 1 aliphatic rings. The Morgan fingerprint density at radius 2 is 1.68 bits per heavy atom. The van der Waals surface area contributed by atoms with Gasteiger partial charge in [0.2, 0.25) is 0 Å². The fourth-order valence-electron chi connectivity index (χ4n) is 2.68. The number of benzene rings is 1. The normalized spacial score (nSPS) is 19.0. The van der Waals surface area contributed by atoms with Crippen LogP contribution in [0.15, 0.2) is 18.2 Å². The van der Waals surface area contributed by atoms with Crippen molar-refractivity contribution in [3.8, 4) is 11.5 Å². The van der Waals surface area contributed by atoms with Crippen LogP contribution in [0.4, 0.5) is 0 Å². The van der Waals surface area contributed by atoms with Crippen LogP contribution in [0.3, 0.4) is 0 Å². The van der Waals surface area contributed by atoms with Gasteiger partial charge >= 0.3 is 0 Å². The number of aliphatic hydroxyl groups is 1. The van der Waals surface area contributed by atoms with Crippen molar-refractivity contribution in [1.29, 1.82) is 0 Å². The Morgan fingerprint density at radius 3 is 2.32 bits per heavy atom. The second-order valence-corrected chi connectivity index (χ2v) is 5.57. The zero-order valence-electron chi connectivity index (χ0n) is 11.2. The van der Waals surface area contributed by atoms with Gasteiger partial charge in [-0.05, 0) is 30.5 Å². The summed E-state index contributed by atoms with van der Waals surface area (Å²) in [7, 11) is 0. The zero-order chi connectivity index (χ0) is 13.7. The Labute approximate surface area is 114 Å². The van der Waals surface area contributed by atoms with Crippen LogP contribution in [0.1, 0.15) is 44.1 Å². The Hall–Kier alpha value is -1.26. The lowest BCUT2D eigenvalue weighted by molar-refractivity contribution is 0.0250. The third-order valence-electron chi connectivity index (χ3n) is 3.86. The van der Waals surface area contributed by atoms with Crippen LogP contribution in [0.25, 0.3) is 0 Å². The first-order chi connectivity index (χ1) is 9.09. The molecule has 0 unspecified atom stereocenters. The van der Waals surface area contributed by atoms with Gasteiger partial charge in [0.1, 0.15) is 0 Å². The molecule has 1 aromatic carbocycles. The molecular formula is C15H23NO3. The van der Waals surface area contributed by atoms with Crippen LogP contribution in [0.5, 0.6) is 11.5 Å². The number of phenols is 2. The first-order valence-corrected chi connectivity index (χ1v) is 7.03. The van der Waals surface area contributed by atoms with Crippen molar-refractivity contribution in [2.75, 3.05) is 6.54 Å². The SMILES string of the molecule is Oc1ccc(CNCC2(O)CCCCCC2)cc1O. The van der Waals surface area contributed by atoms with E-state index in [1.54, 1.807) is 12.1 Å². The van der Waals surface area contributed by atoms with Crippen molar-refractivity contribution in [3.05, 3.63) is 23.8 Å². The van der Waals surface area contributed by atoms with E-state index in [1.165, 1.54) is 18.9 Å². The minimum Gasteiger partial charge on any atom is -0.504 e. The maximum absolute atomic E-state index is 10.5. The number of hydrogen-bond acceptors (Lipinski definition) is 4. The summed E-state index contributed by atoms with van der Waals surface area (Å²) in [6.45, 7) is 1.16. The molecule has 0 radical (unpaired) electrons. The van der Waals surface area contributed by atoms with E-state index in [-0.39, 0.29) is 11.5 Å². The van der Waals surface area contributed by atoms with Crippen LogP contribution in [0.2, 0.25) is 0 Å². The average molecular weight is 265 g/mol. The number of hydrogen-bond donors (Lipinski definition) is 4. The van der Waals surface area contributed by atoms with Crippen molar-refractivity contribution in [3.63, 3.8) is 0 Å². The van der Waals surface area contributed by atoms with Gasteiger partial charge in [-0.3, -0.25) is 0 Å². The molecule has 106 valence electrons. The summed E-state index contributed by atoms with van der Waals surface area (Å²) in [6, 6.07) is 4.78. The van der Waals surface area contributed by atoms with Gasteiger partial charge in [-0.1, -0.05) is 31.7 Å². The van der Waals surface area contributed by atoms with Gasteiger partial charge in [-0.15, -0.1) is 0 Å². The molecule has 0 atom stereocenters. The minimum absolute atomic E-state index is 0.104. The van der Waals surface area contributed by atoms with Gasteiger partial charge in [0.15, 0.2) is 11.5 Å². The van der Waals surface area contributed by atoms with Crippen molar-refractivity contribution in [1.82, 2.24) is 5.32 Å². The van der Waals surface area contributed by atoms with E-state index in [1.807, 2.05) is 0 Å². The standard InChI is InChI=1S/C15H23NO3/c17-13-6-5-12(9-14(13)18)10-16-11-15(19)7-3-1-2-4-8-15/h5-6,9,16-19H,1-4,7-8,10-11H2. The first-order valence-electron chi connectivity index (χ1n) is 7.03. The van der Waals surface area contributed by atoms with Crippen molar-refractivity contribution in [2.24, 2.45) is 0 Å². The zero-order valence-corrected chi connectivity index (χ0v) is 11.2. The average Bonchev–Trinajstić information content (AvgIpc) is 2.59. The summed E-state index contributed by atoms with van der Waals surface area (Å²) in [4.78, 5) is 0. The molecule has 1 saturated carbocycles. The highest BCUT2D eigenvalue weighted by Gasteiger charge is 2.27. The van der Waals surface area contributed by atoms with Gasteiger partial charge in [0, 0.05) is 13.1 Å². The summed E-state index contributed by atoms with van der Waals surface area (Å²) < 4.78 is 0. The van der Waals surface area contributed by atoms with Crippen LogP contribution >= 0.6 is 0 Å². The number of rotatable bonds is 4. The number of aromatic hydroxyl groups is 2. The molecule has 0 saturated heterocycles. The fourth-order valence-corrected chi connectivity index (χ4v) is 2.68. The maximum Gasteiger partial charge on any atom is 0.157 e. The summed E-state index contributed by atoms with van der Waals surface area (Å²) in [6.07, 6.45) is 6.35. The second-order valence-electron chi connectivity index (χ2n) is 5.57. The van der Waals surface area contributed by atoms with Crippen molar-refractivity contribution >= 4 is 0 Å². The lowest BCUT2D eigenvalue weighted by Gasteiger charge is -2.27. The summed E-state index contributed by atoms with van der Waals surface area (Å²) in [5.74, 6) is -0.210. The summed E-state index contributed by atoms with van der Waals surface area (Å²) in [5.41, 5.74) is 0.308. The van der Waals surface area contributed by atoms with Crippen LogP contribution in [0, 0.1) is 0 Å². The van der Waals surface area contributed by atoms with E-state index >= 15 is 0 Å². The van der Waals surface area contributed by atoms with Gasteiger partial charge in [-0.25, -0.2) is 0 Å². The molecule has 4 N–H and O–H groups in total. The molecule has 19 heavy (non-hydrogen) atoms. The first kappa shape index (κ1) is 14.2. The topological polar surface area (TPSA) is 72.7 Å². The lowest BCUT2D eigenvalue weighted by Crippen LogP contribution is -2.39. The predicted molar refractivity (Wildman–Crippen MR) is 74.1 cm³/mol. The van der Waals surface area contributed by atoms with E-state index in [0.29, 0.717) is 13.1 Å². The molecule has 0 amide bonds. The van der Waals surface area contributed by atoms with Gasteiger partial charge in [0.25, 0.3) is 0 Å². The fraction of sp³-hybridized carbons (Fsp3) is 0.600. The van der Waals surface area contributed by atoms with Crippen molar-refractivity contribution < 1.29 is 15.3 Å². The molecule has 2 rings (SSSR count). The molecule has 4 heteroatoms. The molecule has 0 bridgehead atoms. The second kappa shape index (κ2) is 6.26. The highest BCUT2D eigenvalue weighted by molar-refractivity contribution is 5.40. The van der Waals surface area contributed by atoms with E-state index in [0.717, 1.165) is 31.2 Å². The maximum atomic E-state index is 10.5. The Bertz CT molecular complexity index is 412. The molecule has 0 heterocycles. The van der Waals surface area contributed by atoms with E-state index < -0.39 is 5.60 Å². The quantitative estimate of drug-likeness (QED) is 0.498.